The average Bonchev–Trinajstić information content (AvgIpc) is 2.79. The number of hydrogen-bond donors (Lipinski definition) is 2. The Hall–Kier alpha value is -3.06. The Morgan fingerprint density at radius 3 is 2.39 bits per heavy atom. The minimum atomic E-state index is -0.629. The van der Waals surface area contributed by atoms with Crippen LogP contribution in [0.25, 0.3) is 0 Å². The molecule has 2 aromatic carbocycles. The van der Waals surface area contributed by atoms with Gasteiger partial charge in [-0.15, -0.1) is 0 Å². The topological polar surface area (TPSA) is 93.7 Å². The third kappa shape index (κ3) is 6.46. The number of methoxy groups -OCH3 is 1. The summed E-state index contributed by atoms with van der Waals surface area (Å²) in [6.07, 6.45) is 5.08. The molecule has 164 valence electrons. The number of rotatable bonds is 8. The summed E-state index contributed by atoms with van der Waals surface area (Å²) in [4.78, 5) is 36.9. The zero-order valence-electron chi connectivity index (χ0n) is 17.3. The van der Waals surface area contributed by atoms with Crippen molar-refractivity contribution in [1.82, 2.24) is 5.32 Å². The van der Waals surface area contributed by atoms with Crippen LogP contribution < -0.4 is 20.1 Å². The quantitative estimate of drug-likeness (QED) is 0.474. The lowest BCUT2D eigenvalue weighted by Gasteiger charge is -2.22. The monoisotopic (exact) mass is 444 g/mol. The number of ketones is 1. The second-order valence-electron chi connectivity index (χ2n) is 7.35. The second kappa shape index (κ2) is 10.8. The van der Waals surface area contributed by atoms with Crippen LogP contribution in [0, 0.1) is 0 Å². The van der Waals surface area contributed by atoms with E-state index in [0.717, 1.165) is 32.1 Å². The van der Waals surface area contributed by atoms with Gasteiger partial charge in [-0.05, 0) is 55.3 Å². The molecule has 0 aliphatic heterocycles. The molecular formula is C23H25ClN2O5. The fourth-order valence-corrected chi connectivity index (χ4v) is 3.56. The van der Waals surface area contributed by atoms with Crippen LogP contribution >= 0.6 is 11.6 Å². The van der Waals surface area contributed by atoms with E-state index < -0.39 is 11.7 Å². The molecule has 0 radical (unpaired) electrons. The van der Waals surface area contributed by atoms with Crippen molar-refractivity contribution in [1.29, 1.82) is 0 Å². The molecule has 0 saturated heterocycles. The maximum atomic E-state index is 12.5. The van der Waals surface area contributed by atoms with Crippen LogP contribution in [0.1, 0.15) is 42.5 Å². The zero-order valence-corrected chi connectivity index (χ0v) is 18.0. The second-order valence-corrected chi connectivity index (χ2v) is 7.78. The first-order chi connectivity index (χ1) is 15.0. The molecule has 0 aromatic heterocycles. The maximum absolute atomic E-state index is 12.5. The number of benzene rings is 2. The molecule has 0 bridgehead atoms. The van der Waals surface area contributed by atoms with Gasteiger partial charge < -0.3 is 20.1 Å². The third-order valence-corrected chi connectivity index (χ3v) is 5.31. The number of Topliss-reactive ketones (excluding diaryl/α,β-unsaturated/α-hetero) is 1. The van der Waals surface area contributed by atoms with Crippen molar-refractivity contribution in [3.8, 4) is 11.5 Å². The Morgan fingerprint density at radius 1 is 1.00 bits per heavy atom. The Bertz CT molecular complexity index is 939. The number of halogens is 1. The largest absolute Gasteiger partial charge is 0.493 e. The predicted octanol–water partition coefficient (Wildman–Crippen LogP) is 4.00. The van der Waals surface area contributed by atoms with Gasteiger partial charge in [0.1, 0.15) is 0 Å². The van der Waals surface area contributed by atoms with Gasteiger partial charge >= 0.3 is 0 Å². The van der Waals surface area contributed by atoms with E-state index in [4.69, 9.17) is 21.1 Å². The first-order valence-corrected chi connectivity index (χ1v) is 10.6. The molecule has 0 heterocycles. The number of ether oxygens (including phenoxy) is 2. The molecule has 2 N–H and O–H groups in total. The summed E-state index contributed by atoms with van der Waals surface area (Å²) in [5.41, 5.74) is 0.790. The van der Waals surface area contributed by atoms with Crippen molar-refractivity contribution in [2.75, 3.05) is 19.0 Å². The van der Waals surface area contributed by atoms with Crippen LogP contribution in [-0.4, -0.2) is 37.4 Å². The molecular weight excluding hydrogens is 420 g/mol. The third-order valence-electron chi connectivity index (χ3n) is 5.06. The van der Waals surface area contributed by atoms with Crippen LogP contribution in [0.5, 0.6) is 11.5 Å². The lowest BCUT2D eigenvalue weighted by molar-refractivity contribution is -0.118. The SMILES string of the molecule is COc1cc(C(=O)C(=O)NC2CCCCC2)ccc1OCC(=O)Nc1ccc(Cl)cc1. The van der Waals surface area contributed by atoms with Gasteiger partial charge in [-0.3, -0.25) is 14.4 Å². The smallest absolute Gasteiger partial charge is 0.292 e. The van der Waals surface area contributed by atoms with E-state index in [1.54, 1.807) is 24.3 Å². The summed E-state index contributed by atoms with van der Waals surface area (Å²) in [6, 6.07) is 11.2. The fraction of sp³-hybridized carbons (Fsp3) is 0.348. The van der Waals surface area contributed by atoms with E-state index in [1.165, 1.54) is 25.3 Å². The van der Waals surface area contributed by atoms with Crippen LogP contribution in [0.3, 0.4) is 0 Å². The van der Waals surface area contributed by atoms with E-state index in [2.05, 4.69) is 10.6 Å². The van der Waals surface area contributed by atoms with Gasteiger partial charge in [0.25, 0.3) is 11.8 Å². The molecule has 1 aliphatic carbocycles. The minimum Gasteiger partial charge on any atom is -0.493 e. The number of amides is 2. The van der Waals surface area contributed by atoms with Crippen molar-refractivity contribution in [2.45, 2.75) is 38.1 Å². The van der Waals surface area contributed by atoms with Gasteiger partial charge in [-0.2, -0.15) is 0 Å². The highest BCUT2D eigenvalue weighted by molar-refractivity contribution is 6.43. The maximum Gasteiger partial charge on any atom is 0.292 e. The molecule has 31 heavy (non-hydrogen) atoms. The van der Waals surface area contributed by atoms with E-state index in [-0.39, 0.29) is 35.6 Å². The Balaban J connectivity index is 1.58. The Labute approximate surface area is 186 Å². The van der Waals surface area contributed by atoms with Gasteiger partial charge in [0, 0.05) is 22.3 Å². The summed E-state index contributed by atoms with van der Waals surface area (Å²) in [5, 5.41) is 6.07. The van der Waals surface area contributed by atoms with Crippen molar-refractivity contribution >= 4 is 34.9 Å². The van der Waals surface area contributed by atoms with Crippen molar-refractivity contribution in [2.24, 2.45) is 0 Å². The van der Waals surface area contributed by atoms with Gasteiger partial charge in [0.05, 0.1) is 7.11 Å². The molecule has 0 atom stereocenters. The Kier molecular flexibility index (Phi) is 7.89. The molecule has 1 fully saturated rings. The molecule has 3 rings (SSSR count). The van der Waals surface area contributed by atoms with E-state index in [9.17, 15) is 14.4 Å². The zero-order chi connectivity index (χ0) is 22.2. The number of carbonyl (C=O) groups is 3. The molecule has 8 heteroatoms. The van der Waals surface area contributed by atoms with Crippen LogP contribution in [0.2, 0.25) is 5.02 Å². The van der Waals surface area contributed by atoms with Crippen molar-refractivity contribution in [3.63, 3.8) is 0 Å². The highest BCUT2D eigenvalue weighted by atomic mass is 35.5. The first-order valence-electron chi connectivity index (χ1n) is 10.2. The highest BCUT2D eigenvalue weighted by Crippen LogP contribution is 2.28. The molecule has 2 amide bonds. The van der Waals surface area contributed by atoms with Gasteiger partial charge in [-0.25, -0.2) is 0 Å². The molecule has 1 saturated carbocycles. The predicted molar refractivity (Wildman–Crippen MR) is 118 cm³/mol. The summed E-state index contributed by atoms with van der Waals surface area (Å²) in [5.74, 6) is -1.06. The summed E-state index contributed by atoms with van der Waals surface area (Å²) >= 11 is 5.83. The summed E-state index contributed by atoms with van der Waals surface area (Å²) in [7, 11) is 1.42. The molecule has 2 aromatic rings. The minimum absolute atomic E-state index is 0.0499. The normalized spacial score (nSPS) is 13.9. The highest BCUT2D eigenvalue weighted by Gasteiger charge is 2.22. The molecule has 0 spiro atoms. The van der Waals surface area contributed by atoms with Crippen LogP contribution in [-0.2, 0) is 9.59 Å². The van der Waals surface area contributed by atoms with E-state index in [1.807, 2.05) is 0 Å². The van der Waals surface area contributed by atoms with Gasteiger partial charge in [-0.1, -0.05) is 30.9 Å². The summed E-state index contributed by atoms with van der Waals surface area (Å²) < 4.78 is 10.8. The molecule has 7 nitrogen and oxygen atoms in total. The van der Waals surface area contributed by atoms with Gasteiger partial charge in [0.2, 0.25) is 5.78 Å². The van der Waals surface area contributed by atoms with Gasteiger partial charge in [0.15, 0.2) is 18.1 Å². The standard InChI is InChI=1S/C23H25ClN2O5/c1-30-20-13-15(22(28)23(29)26-17-5-3-2-4-6-17)7-12-19(20)31-14-21(27)25-18-10-8-16(24)9-11-18/h7-13,17H,2-6,14H2,1H3,(H,25,27)(H,26,29). The lowest BCUT2D eigenvalue weighted by Crippen LogP contribution is -2.40. The number of carbonyl (C=O) groups excluding carboxylic acids is 3. The van der Waals surface area contributed by atoms with Crippen molar-refractivity contribution < 1.29 is 23.9 Å². The average molecular weight is 445 g/mol. The molecule has 0 unspecified atom stereocenters. The van der Waals surface area contributed by atoms with E-state index >= 15 is 0 Å². The Morgan fingerprint density at radius 2 is 1.71 bits per heavy atom. The molecule has 1 aliphatic rings. The van der Waals surface area contributed by atoms with Crippen LogP contribution in [0.15, 0.2) is 42.5 Å². The fourth-order valence-electron chi connectivity index (χ4n) is 3.43. The number of nitrogens with one attached hydrogen (secondary N) is 2. The summed E-state index contributed by atoms with van der Waals surface area (Å²) in [6.45, 7) is -0.256. The first kappa shape index (κ1) is 22.6. The number of anilines is 1. The van der Waals surface area contributed by atoms with Crippen LogP contribution in [0.4, 0.5) is 5.69 Å². The van der Waals surface area contributed by atoms with Crippen molar-refractivity contribution in [3.05, 3.63) is 53.1 Å². The van der Waals surface area contributed by atoms with E-state index in [0.29, 0.717) is 10.7 Å². The number of hydrogen-bond acceptors (Lipinski definition) is 5. The lowest BCUT2D eigenvalue weighted by atomic mass is 9.95.